The summed E-state index contributed by atoms with van der Waals surface area (Å²) in [7, 11) is 1.65. The molecule has 6 heteroatoms. The summed E-state index contributed by atoms with van der Waals surface area (Å²) in [5, 5.41) is 1.59. The number of fused-ring (bicyclic) bond motifs is 3. The second kappa shape index (κ2) is 7.80. The summed E-state index contributed by atoms with van der Waals surface area (Å²) in [6.07, 6.45) is 3.16. The topological polar surface area (TPSA) is 44.1 Å². The summed E-state index contributed by atoms with van der Waals surface area (Å²) in [5.74, 6) is 2.30. The van der Waals surface area contributed by atoms with Gasteiger partial charge < -0.3 is 4.74 Å². The number of hydrogen-bond acceptors (Lipinski definition) is 5. The van der Waals surface area contributed by atoms with E-state index in [1.54, 1.807) is 34.8 Å². The molecule has 2 aromatic heterocycles. The third kappa shape index (κ3) is 3.73. The normalized spacial score (nSPS) is 16.8. The van der Waals surface area contributed by atoms with Crippen molar-refractivity contribution < 1.29 is 4.74 Å². The van der Waals surface area contributed by atoms with Gasteiger partial charge in [0.1, 0.15) is 10.6 Å². The van der Waals surface area contributed by atoms with Crippen LogP contribution in [0.3, 0.4) is 0 Å². The maximum absolute atomic E-state index is 13.7. The molecule has 29 heavy (non-hydrogen) atoms. The van der Waals surface area contributed by atoms with Crippen LogP contribution in [0.25, 0.3) is 15.9 Å². The van der Waals surface area contributed by atoms with Crippen molar-refractivity contribution >= 4 is 33.3 Å². The predicted molar refractivity (Wildman–Crippen MR) is 123 cm³/mol. The third-order valence-corrected chi connectivity index (χ3v) is 7.85. The van der Waals surface area contributed by atoms with Crippen molar-refractivity contribution in [3.8, 4) is 11.4 Å². The van der Waals surface area contributed by atoms with Crippen molar-refractivity contribution in [2.24, 2.45) is 11.3 Å². The zero-order valence-corrected chi connectivity index (χ0v) is 19.4. The molecule has 4 rings (SSSR count). The molecule has 0 fully saturated rings. The summed E-state index contributed by atoms with van der Waals surface area (Å²) in [6.45, 7) is 9.05. The molecule has 0 amide bonds. The molecule has 0 aliphatic heterocycles. The first-order valence-corrected chi connectivity index (χ1v) is 12.0. The number of thiophene rings is 1. The van der Waals surface area contributed by atoms with Gasteiger partial charge in [-0.3, -0.25) is 9.36 Å². The maximum atomic E-state index is 13.7. The highest BCUT2D eigenvalue weighted by molar-refractivity contribution is 7.99. The van der Waals surface area contributed by atoms with E-state index in [1.165, 1.54) is 10.4 Å². The monoisotopic (exact) mass is 428 g/mol. The van der Waals surface area contributed by atoms with Crippen LogP contribution in [-0.2, 0) is 12.8 Å². The smallest absolute Gasteiger partial charge is 0.267 e. The minimum Gasteiger partial charge on any atom is -0.497 e. The number of thioether (sulfide) groups is 1. The van der Waals surface area contributed by atoms with Gasteiger partial charge in [0.25, 0.3) is 5.56 Å². The third-order valence-electron chi connectivity index (χ3n) is 5.88. The molecule has 0 N–H and O–H groups in total. The van der Waals surface area contributed by atoms with Crippen LogP contribution in [0, 0.1) is 11.3 Å². The van der Waals surface area contributed by atoms with Crippen LogP contribution in [-0.4, -0.2) is 22.4 Å². The van der Waals surface area contributed by atoms with Gasteiger partial charge >= 0.3 is 0 Å². The summed E-state index contributed by atoms with van der Waals surface area (Å²) >= 11 is 3.34. The Balaban J connectivity index is 1.89. The molecule has 4 nitrogen and oxygen atoms in total. The molecule has 0 radical (unpaired) electrons. The van der Waals surface area contributed by atoms with Gasteiger partial charge in [-0.05, 0) is 66.2 Å². The molecule has 1 aliphatic carbocycles. The summed E-state index contributed by atoms with van der Waals surface area (Å²) < 4.78 is 7.05. The first kappa shape index (κ1) is 20.5. The molecule has 154 valence electrons. The Labute approximate surface area is 180 Å². The molecule has 1 aromatic carbocycles. The van der Waals surface area contributed by atoms with E-state index >= 15 is 0 Å². The zero-order chi connectivity index (χ0) is 20.8. The second-order valence-corrected chi connectivity index (χ2v) is 11.0. The van der Waals surface area contributed by atoms with Crippen LogP contribution in [0.15, 0.2) is 34.2 Å². The molecule has 0 bridgehead atoms. The van der Waals surface area contributed by atoms with Crippen molar-refractivity contribution in [1.29, 1.82) is 0 Å². The summed E-state index contributed by atoms with van der Waals surface area (Å²) in [6, 6.07) is 7.65. The highest BCUT2D eigenvalue weighted by Crippen LogP contribution is 2.42. The zero-order valence-electron chi connectivity index (χ0n) is 17.7. The first-order valence-electron chi connectivity index (χ1n) is 10.2. The van der Waals surface area contributed by atoms with Gasteiger partial charge in [0.15, 0.2) is 5.16 Å². The van der Waals surface area contributed by atoms with Gasteiger partial charge in [0.05, 0.1) is 18.2 Å². The Morgan fingerprint density at radius 3 is 2.62 bits per heavy atom. The standard InChI is InChI=1S/C23H28N2O2S2/c1-6-28-22-24-20-19(17-12-7-14(23(2,3)4)13-18(17)29-20)21(26)25(22)15-8-10-16(27-5)11-9-15/h8-11,14H,6-7,12-13H2,1-5H3/t14-/m0/s1. The minimum atomic E-state index is 0.0582. The Morgan fingerprint density at radius 2 is 2.00 bits per heavy atom. The van der Waals surface area contributed by atoms with E-state index in [-0.39, 0.29) is 11.0 Å². The highest BCUT2D eigenvalue weighted by atomic mass is 32.2. The average Bonchev–Trinajstić information content (AvgIpc) is 3.05. The van der Waals surface area contributed by atoms with Crippen molar-refractivity contribution in [2.75, 3.05) is 12.9 Å². The molecule has 1 atom stereocenters. The van der Waals surface area contributed by atoms with Gasteiger partial charge in [-0.1, -0.05) is 39.5 Å². The lowest BCUT2D eigenvalue weighted by Crippen LogP contribution is -2.27. The fourth-order valence-corrected chi connectivity index (χ4v) is 6.21. The quantitative estimate of drug-likeness (QED) is 0.394. The molecule has 0 unspecified atom stereocenters. The molecular formula is C23H28N2O2S2. The molecule has 0 saturated heterocycles. The number of aromatic nitrogens is 2. The van der Waals surface area contributed by atoms with Gasteiger partial charge in [0.2, 0.25) is 0 Å². The average molecular weight is 429 g/mol. The number of rotatable bonds is 4. The molecule has 1 aliphatic rings. The van der Waals surface area contributed by atoms with Crippen LogP contribution in [0.1, 0.15) is 44.6 Å². The van der Waals surface area contributed by atoms with E-state index in [2.05, 4.69) is 27.7 Å². The van der Waals surface area contributed by atoms with Gasteiger partial charge in [0, 0.05) is 4.88 Å². The Morgan fingerprint density at radius 1 is 1.28 bits per heavy atom. The van der Waals surface area contributed by atoms with Crippen molar-refractivity contribution in [3.05, 3.63) is 45.1 Å². The van der Waals surface area contributed by atoms with E-state index in [0.717, 1.165) is 51.8 Å². The van der Waals surface area contributed by atoms with E-state index < -0.39 is 0 Å². The fourth-order valence-electron chi connectivity index (χ4n) is 4.13. The highest BCUT2D eigenvalue weighted by Gasteiger charge is 2.32. The van der Waals surface area contributed by atoms with Crippen LogP contribution in [0.4, 0.5) is 0 Å². The fraction of sp³-hybridized carbons (Fsp3) is 0.478. The van der Waals surface area contributed by atoms with Crippen molar-refractivity contribution in [2.45, 2.75) is 52.1 Å². The van der Waals surface area contributed by atoms with Crippen LogP contribution < -0.4 is 10.3 Å². The van der Waals surface area contributed by atoms with Crippen LogP contribution >= 0.6 is 23.1 Å². The number of methoxy groups -OCH3 is 1. The van der Waals surface area contributed by atoms with Crippen molar-refractivity contribution in [1.82, 2.24) is 9.55 Å². The molecule has 2 heterocycles. The number of aryl methyl sites for hydroxylation is 1. The Bertz CT molecular complexity index is 1090. The lowest BCUT2D eigenvalue weighted by atomic mass is 9.72. The lowest BCUT2D eigenvalue weighted by molar-refractivity contribution is 0.218. The maximum Gasteiger partial charge on any atom is 0.267 e. The van der Waals surface area contributed by atoms with E-state index in [4.69, 9.17) is 9.72 Å². The number of nitrogens with zero attached hydrogens (tertiary/aromatic N) is 2. The molecular weight excluding hydrogens is 400 g/mol. The predicted octanol–water partition coefficient (Wildman–Crippen LogP) is 5.72. The van der Waals surface area contributed by atoms with Gasteiger partial charge in [-0.15, -0.1) is 11.3 Å². The largest absolute Gasteiger partial charge is 0.497 e. The number of hydrogen-bond donors (Lipinski definition) is 0. The van der Waals surface area contributed by atoms with Gasteiger partial charge in [-0.2, -0.15) is 0 Å². The molecule has 0 saturated carbocycles. The molecule has 3 aromatic rings. The Kier molecular flexibility index (Phi) is 5.51. The van der Waals surface area contributed by atoms with E-state index in [9.17, 15) is 4.79 Å². The lowest BCUT2D eigenvalue weighted by Gasteiger charge is -2.33. The van der Waals surface area contributed by atoms with Crippen molar-refractivity contribution in [3.63, 3.8) is 0 Å². The minimum absolute atomic E-state index is 0.0582. The van der Waals surface area contributed by atoms with E-state index in [1.807, 2.05) is 24.3 Å². The number of benzene rings is 1. The molecule has 0 spiro atoms. The first-order chi connectivity index (χ1) is 13.8. The summed E-state index contributed by atoms with van der Waals surface area (Å²) in [5.41, 5.74) is 2.42. The van der Waals surface area contributed by atoms with Crippen LogP contribution in [0.2, 0.25) is 0 Å². The van der Waals surface area contributed by atoms with E-state index in [0.29, 0.717) is 5.92 Å². The summed E-state index contributed by atoms with van der Waals surface area (Å²) in [4.78, 5) is 20.9. The number of ether oxygens (including phenoxy) is 1. The SMILES string of the molecule is CCSc1nc2sc3c(c2c(=O)n1-c1ccc(OC)cc1)CC[C@H](C(C)(C)C)C3. The Hall–Kier alpha value is -1.79. The second-order valence-electron chi connectivity index (χ2n) is 8.66. The van der Waals surface area contributed by atoms with Gasteiger partial charge in [-0.25, -0.2) is 4.98 Å². The van der Waals surface area contributed by atoms with Crippen LogP contribution in [0.5, 0.6) is 5.75 Å².